The fourth-order valence-electron chi connectivity index (χ4n) is 3.11. The molecule has 0 aromatic heterocycles. The van der Waals surface area contributed by atoms with Crippen LogP contribution in [0.5, 0.6) is 0 Å². The average molecular weight is 414 g/mol. The predicted octanol–water partition coefficient (Wildman–Crippen LogP) is 3.67. The predicted molar refractivity (Wildman–Crippen MR) is 104 cm³/mol. The van der Waals surface area contributed by atoms with E-state index < -0.39 is 10.0 Å². The van der Waals surface area contributed by atoms with E-state index in [1.165, 1.54) is 25.1 Å². The third kappa shape index (κ3) is 3.34. The standard InChI is InChI=1S/C17H17Cl2N3O3S/c1-9-5-11-6-13(3-4-16(11)22(9)10(2)23)26(24,25)21-12-7-14(18)17(20)15(19)8-12/h3-4,6-9,21H,5,20H2,1-2H3. The lowest BCUT2D eigenvalue weighted by Crippen LogP contribution is -2.33. The molecule has 0 fully saturated rings. The Morgan fingerprint density at radius 3 is 2.42 bits per heavy atom. The number of fused-ring (bicyclic) bond motifs is 1. The van der Waals surface area contributed by atoms with Crippen LogP contribution in [0.4, 0.5) is 17.1 Å². The molecule has 2 aromatic carbocycles. The number of nitrogens with two attached hydrogens (primary N) is 1. The van der Waals surface area contributed by atoms with Crippen molar-refractivity contribution in [3.05, 3.63) is 45.9 Å². The van der Waals surface area contributed by atoms with Crippen LogP contribution >= 0.6 is 23.2 Å². The Morgan fingerprint density at radius 2 is 1.85 bits per heavy atom. The van der Waals surface area contributed by atoms with Gasteiger partial charge in [0.1, 0.15) is 0 Å². The van der Waals surface area contributed by atoms with Crippen LogP contribution in [0.15, 0.2) is 35.2 Å². The molecule has 0 saturated carbocycles. The molecule has 1 heterocycles. The minimum Gasteiger partial charge on any atom is -0.396 e. The van der Waals surface area contributed by atoms with Crippen molar-refractivity contribution in [1.82, 2.24) is 0 Å². The number of nitrogen functional groups attached to an aromatic ring is 1. The van der Waals surface area contributed by atoms with Gasteiger partial charge in [-0.2, -0.15) is 0 Å². The lowest BCUT2D eigenvalue weighted by Gasteiger charge is -2.20. The molecular formula is C17H17Cl2N3O3S. The van der Waals surface area contributed by atoms with E-state index in [9.17, 15) is 13.2 Å². The van der Waals surface area contributed by atoms with Crippen LogP contribution < -0.4 is 15.4 Å². The van der Waals surface area contributed by atoms with Gasteiger partial charge in [-0.15, -0.1) is 0 Å². The topological polar surface area (TPSA) is 92.5 Å². The van der Waals surface area contributed by atoms with Crippen LogP contribution in [0.25, 0.3) is 0 Å². The molecule has 0 bridgehead atoms. The third-order valence-electron chi connectivity index (χ3n) is 4.25. The second kappa shape index (κ2) is 6.64. The Labute approximate surface area is 161 Å². The van der Waals surface area contributed by atoms with E-state index >= 15 is 0 Å². The van der Waals surface area contributed by atoms with Gasteiger partial charge in [-0.1, -0.05) is 23.2 Å². The quantitative estimate of drug-likeness (QED) is 0.750. The first-order valence-corrected chi connectivity index (χ1v) is 10.0. The van der Waals surface area contributed by atoms with Crippen molar-refractivity contribution in [3.63, 3.8) is 0 Å². The van der Waals surface area contributed by atoms with Gasteiger partial charge in [-0.25, -0.2) is 8.42 Å². The number of nitrogens with zero attached hydrogens (tertiary/aromatic N) is 1. The van der Waals surface area contributed by atoms with Crippen LogP contribution in [0.1, 0.15) is 19.4 Å². The molecule has 1 aliphatic heterocycles. The summed E-state index contributed by atoms with van der Waals surface area (Å²) in [7, 11) is -3.85. The van der Waals surface area contributed by atoms with Crippen molar-refractivity contribution in [1.29, 1.82) is 0 Å². The van der Waals surface area contributed by atoms with E-state index in [1.54, 1.807) is 17.0 Å². The van der Waals surface area contributed by atoms with E-state index in [-0.39, 0.29) is 38.3 Å². The van der Waals surface area contributed by atoms with Crippen molar-refractivity contribution in [2.45, 2.75) is 31.2 Å². The molecule has 1 unspecified atom stereocenters. The SMILES string of the molecule is CC(=O)N1c2ccc(S(=O)(=O)Nc3cc(Cl)c(N)c(Cl)c3)cc2CC1C. The minimum atomic E-state index is -3.85. The molecule has 2 aromatic rings. The van der Waals surface area contributed by atoms with Crippen molar-refractivity contribution in [3.8, 4) is 0 Å². The maximum atomic E-state index is 12.7. The monoisotopic (exact) mass is 413 g/mol. The number of anilines is 3. The molecule has 9 heteroatoms. The molecule has 6 nitrogen and oxygen atoms in total. The summed E-state index contributed by atoms with van der Waals surface area (Å²) < 4.78 is 27.8. The first-order chi connectivity index (χ1) is 12.1. The number of hydrogen-bond acceptors (Lipinski definition) is 4. The number of halogens is 2. The minimum absolute atomic E-state index is 0.0110. The molecule has 1 atom stereocenters. The highest BCUT2D eigenvalue weighted by atomic mass is 35.5. The Balaban J connectivity index is 1.94. The first kappa shape index (κ1) is 18.8. The van der Waals surface area contributed by atoms with Crippen molar-refractivity contribution in [2.24, 2.45) is 0 Å². The van der Waals surface area contributed by atoms with E-state index in [0.29, 0.717) is 6.42 Å². The average Bonchev–Trinajstić information content (AvgIpc) is 2.87. The maximum Gasteiger partial charge on any atom is 0.261 e. The van der Waals surface area contributed by atoms with Gasteiger partial charge < -0.3 is 10.6 Å². The summed E-state index contributed by atoms with van der Waals surface area (Å²) in [4.78, 5) is 13.6. The highest BCUT2D eigenvalue weighted by Crippen LogP contribution is 2.35. The van der Waals surface area contributed by atoms with Gasteiger partial charge in [0.25, 0.3) is 10.0 Å². The Hall–Kier alpha value is -1.96. The van der Waals surface area contributed by atoms with E-state index in [0.717, 1.165) is 11.3 Å². The summed E-state index contributed by atoms with van der Waals surface area (Å²) in [6, 6.07) is 7.48. The lowest BCUT2D eigenvalue weighted by atomic mass is 10.1. The lowest BCUT2D eigenvalue weighted by molar-refractivity contribution is -0.116. The number of rotatable bonds is 3. The number of carbonyl (C=O) groups excluding carboxylic acids is 1. The summed E-state index contributed by atoms with van der Waals surface area (Å²) in [6.07, 6.45) is 0.595. The summed E-state index contributed by atoms with van der Waals surface area (Å²) in [5, 5.41) is 0.324. The van der Waals surface area contributed by atoms with Gasteiger partial charge in [0.2, 0.25) is 5.91 Å². The molecule has 1 aliphatic rings. The van der Waals surface area contributed by atoms with Gasteiger partial charge in [0.15, 0.2) is 0 Å². The molecule has 0 radical (unpaired) electrons. The van der Waals surface area contributed by atoms with Crippen molar-refractivity contribution < 1.29 is 13.2 Å². The molecule has 1 amide bonds. The zero-order valence-corrected chi connectivity index (χ0v) is 16.4. The van der Waals surface area contributed by atoms with Crippen molar-refractivity contribution in [2.75, 3.05) is 15.4 Å². The molecule has 3 N–H and O–H groups in total. The second-order valence-electron chi connectivity index (χ2n) is 6.19. The zero-order valence-electron chi connectivity index (χ0n) is 14.1. The molecule has 0 saturated heterocycles. The van der Waals surface area contributed by atoms with Gasteiger partial charge in [-0.3, -0.25) is 9.52 Å². The number of carbonyl (C=O) groups is 1. The van der Waals surface area contributed by atoms with E-state index in [1.807, 2.05) is 6.92 Å². The molecular weight excluding hydrogens is 397 g/mol. The van der Waals surface area contributed by atoms with Gasteiger partial charge >= 0.3 is 0 Å². The van der Waals surface area contributed by atoms with Crippen LogP contribution in [-0.2, 0) is 21.2 Å². The number of benzene rings is 2. The van der Waals surface area contributed by atoms with E-state index in [4.69, 9.17) is 28.9 Å². The molecule has 26 heavy (non-hydrogen) atoms. The highest BCUT2D eigenvalue weighted by molar-refractivity contribution is 7.92. The van der Waals surface area contributed by atoms with Crippen LogP contribution in [0, 0.1) is 0 Å². The molecule has 3 rings (SSSR count). The van der Waals surface area contributed by atoms with Crippen LogP contribution in [-0.4, -0.2) is 20.4 Å². The molecule has 0 spiro atoms. The number of sulfonamides is 1. The smallest absolute Gasteiger partial charge is 0.261 e. The molecule has 0 aliphatic carbocycles. The van der Waals surface area contributed by atoms with Gasteiger partial charge in [0.05, 0.1) is 26.3 Å². The second-order valence-corrected chi connectivity index (χ2v) is 8.69. The van der Waals surface area contributed by atoms with Gasteiger partial charge in [-0.05, 0) is 49.2 Å². The Morgan fingerprint density at radius 1 is 1.23 bits per heavy atom. The first-order valence-electron chi connectivity index (χ1n) is 7.80. The van der Waals surface area contributed by atoms with Crippen LogP contribution in [0.2, 0.25) is 10.0 Å². The number of hydrogen-bond donors (Lipinski definition) is 2. The summed E-state index contributed by atoms with van der Waals surface area (Å²) in [5.41, 5.74) is 7.62. The maximum absolute atomic E-state index is 12.7. The zero-order chi connectivity index (χ0) is 19.2. The fraction of sp³-hybridized carbons (Fsp3) is 0.235. The van der Waals surface area contributed by atoms with Crippen LogP contribution in [0.3, 0.4) is 0 Å². The van der Waals surface area contributed by atoms with Gasteiger partial charge in [0, 0.05) is 18.7 Å². The fourth-order valence-corrected chi connectivity index (χ4v) is 4.69. The summed E-state index contributed by atoms with van der Waals surface area (Å²) in [6.45, 7) is 3.42. The third-order valence-corrected chi connectivity index (χ3v) is 6.25. The molecule has 138 valence electrons. The number of amides is 1. The Bertz CT molecular complexity index is 985. The largest absolute Gasteiger partial charge is 0.396 e. The number of nitrogens with one attached hydrogen (secondary N) is 1. The summed E-state index contributed by atoms with van der Waals surface area (Å²) in [5.74, 6) is -0.0730. The highest BCUT2D eigenvalue weighted by Gasteiger charge is 2.30. The summed E-state index contributed by atoms with van der Waals surface area (Å²) >= 11 is 11.9. The normalized spacial score (nSPS) is 16.5. The Kier molecular flexibility index (Phi) is 4.81. The van der Waals surface area contributed by atoms with E-state index in [2.05, 4.69) is 4.72 Å². The van der Waals surface area contributed by atoms with Crippen molar-refractivity contribution >= 4 is 56.2 Å².